The van der Waals surface area contributed by atoms with Gasteiger partial charge < -0.3 is 14.6 Å². The Labute approximate surface area is 164 Å². The lowest BCUT2D eigenvalue weighted by molar-refractivity contribution is -0.145. The molecule has 2 atom stereocenters. The minimum atomic E-state index is -0.810. The average molecular weight is 390 g/mol. The van der Waals surface area contributed by atoms with Crippen molar-refractivity contribution in [3.8, 4) is 11.5 Å². The first-order valence-electron chi connectivity index (χ1n) is 9.01. The molecule has 2 aromatic carbocycles. The van der Waals surface area contributed by atoms with Crippen molar-refractivity contribution < 1.29 is 19.4 Å². The van der Waals surface area contributed by atoms with E-state index in [-0.39, 0.29) is 6.04 Å². The molecule has 0 saturated carbocycles. The van der Waals surface area contributed by atoms with Gasteiger partial charge in [0, 0.05) is 5.02 Å². The minimum Gasteiger partial charge on any atom is -0.496 e. The van der Waals surface area contributed by atoms with Crippen LogP contribution in [0.3, 0.4) is 0 Å². The van der Waals surface area contributed by atoms with Gasteiger partial charge >= 0.3 is 5.97 Å². The number of piperidine rings is 1. The molecule has 1 aliphatic heterocycles. The normalized spacial score (nSPS) is 18.7. The number of ether oxygens (including phenoxy) is 2. The van der Waals surface area contributed by atoms with Crippen molar-refractivity contribution in [1.82, 2.24) is 4.90 Å². The average Bonchev–Trinajstić information content (AvgIpc) is 2.68. The number of halogens is 1. The zero-order chi connectivity index (χ0) is 19.4. The Bertz CT molecular complexity index is 788. The van der Waals surface area contributed by atoms with Crippen LogP contribution in [0.2, 0.25) is 5.02 Å². The summed E-state index contributed by atoms with van der Waals surface area (Å²) in [5, 5.41) is 10.4. The highest BCUT2D eigenvalue weighted by molar-refractivity contribution is 6.30. The van der Waals surface area contributed by atoms with Crippen LogP contribution in [0.4, 0.5) is 0 Å². The maximum atomic E-state index is 12.0. The summed E-state index contributed by atoms with van der Waals surface area (Å²) in [6.45, 7) is 0.676. The largest absolute Gasteiger partial charge is 0.496 e. The van der Waals surface area contributed by atoms with Crippen molar-refractivity contribution in [1.29, 1.82) is 0 Å². The zero-order valence-electron chi connectivity index (χ0n) is 15.5. The molecule has 0 spiro atoms. The highest BCUT2D eigenvalue weighted by atomic mass is 35.5. The van der Waals surface area contributed by atoms with Crippen molar-refractivity contribution in [2.75, 3.05) is 20.8 Å². The van der Waals surface area contributed by atoms with Crippen LogP contribution in [0.5, 0.6) is 11.5 Å². The third kappa shape index (κ3) is 4.04. The molecule has 2 aromatic rings. The number of carboxylic acid groups (broad SMARTS) is 1. The van der Waals surface area contributed by atoms with E-state index >= 15 is 0 Å². The van der Waals surface area contributed by atoms with Gasteiger partial charge in [-0.15, -0.1) is 0 Å². The molecule has 27 heavy (non-hydrogen) atoms. The molecule has 0 aliphatic carbocycles. The summed E-state index contributed by atoms with van der Waals surface area (Å²) in [5.41, 5.74) is 1.73. The quantitative estimate of drug-likeness (QED) is 0.794. The van der Waals surface area contributed by atoms with Gasteiger partial charge in [-0.05, 0) is 49.2 Å². The Morgan fingerprint density at radius 1 is 1.15 bits per heavy atom. The number of rotatable bonds is 6. The first kappa shape index (κ1) is 19.5. The van der Waals surface area contributed by atoms with Crippen LogP contribution < -0.4 is 9.47 Å². The Balaban J connectivity index is 2.21. The summed E-state index contributed by atoms with van der Waals surface area (Å²) in [6.07, 6.45) is 2.46. The second-order valence-electron chi connectivity index (χ2n) is 6.62. The second kappa shape index (κ2) is 8.63. The lowest BCUT2D eigenvalue weighted by Gasteiger charge is -2.40. The molecule has 1 aliphatic rings. The number of benzene rings is 2. The highest BCUT2D eigenvalue weighted by Crippen LogP contribution is 2.43. The van der Waals surface area contributed by atoms with Crippen LogP contribution in [0.1, 0.15) is 36.4 Å². The lowest BCUT2D eigenvalue weighted by Crippen LogP contribution is -2.47. The van der Waals surface area contributed by atoms with E-state index in [9.17, 15) is 9.90 Å². The summed E-state index contributed by atoms with van der Waals surface area (Å²) in [6, 6.07) is 12.2. The molecule has 5 nitrogen and oxygen atoms in total. The van der Waals surface area contributed by atoms with E-state index < -0.39 is 12.0 Å². The molecule has 3 rings (SSSR count). The van der Waals surface area contributed by atoms with Crippen LogP contribution in [0.25, 0.3) is 0 Å². The van der Waals surface area contributed by atoms with Crippen LogP contribution >= 0.6 is 11.6 Å². The Hall–Kier alpha value is -2.24. The molecular formula is C21H24ClNO4. The van der Waals surface area contributed by atoms with Crippen LogP contribution in [0, 0.1) is 0 Å². The molecule has 0 aromatic heterocycles. The van der Waals surface area contributed by atoms with E-state index in [0.29, 0.717) is 29.5 Å². The predicted octanol–water partition coefficient (Wildman–Crippen LogP) is 4.39. The molecule has 1 heterocycles. The smallest absolute Gasteiger partial charge is 0.320 e. The molecule has 2 unspecified atom stereocenters. The van der Waals surface area contributed by atoms with Gasteiger partial charge in [0.1, 0.15) is 17.5 Å². The monoisotopic (exact) mass is 389 g/mol. The fourth-order valence-corrected chi connectivity index (χ4v) is 4.08. The summed E-state index contributed by atoms with van der Waals surface area (Å²) in [4.78, 5) is 14.0. The number of nitrogens with zero attached hydrogens (tertiary/aromatic N) is 1. The molecule has 0 bridgehead atoms. The number of aliphatic carboxylic acids is 1. The number of carbonyl (C=O) groups is 1. The number of hydrogen-bond donors (Lipinski definition) is 1. The summed E-state index contributed by atoms with van der Waals surface area (Å²) >= 11 is 6.26. The summed E-state index contributed by atoms with van der Waals surface area (Å²) in [5.74, 6) is 0.513. The van der Waals surface area contributed by atoms with Crippen molar-refractivity contribution in [2.45, 2.75) is 31.3 Å². The molecular weight excluding hydrogens is 366 g/mol. The number of carboxylic acids is 1. The molecule has 6 heteroatoms. The van der Waals surface area contributed by atoms with Gasteiger partial charge in [-0.3, -0.25) is 9.69 Å². The molecule has 0 amide bonds. The van der Waals surface area contributed by atoms with Gasteiger partial charge in [-0.1, -0.05) is 36.2 Å². The second-order valence-corrected chi connectivity index (χ2v) is 7.06. The Morgan fingerprint density at radius 2 is 1.81 bits per heavy atom. The minimum absolute atomic E-state index is 0.337. The third-order valence-electron chi connectivity index (χ3n) is 5.06. The predicted molar refractivity (Wildman–Crippen MR) is 105 cm³/mol. The van der Waals surface area contributed by atoms with Crippen LogP contribution in [-0.2, 0) is 4.79 Å². The third-order valence-corrected chi connectivity index (χ3v) is 5.30. The van der Waals surface area contributed by atoms with Gasteiger partial charge in [0.15, 0.2) is 0 Å². The fraction of sp³-hybridized carbons (Fsp3) is 0.381. The number of methoxy groups -OCH3 is 2. The van der Waals surface area contributed by atoms with Gasteiger partial charge in [-0.2, -0.15) is 0 Å². The SMILES string of the molecule is COc1cccc(OC)c1C(c1cccc(Cl)c1)N1CCCCC1C(=O)O. The van der Waals surface area contributed by atoms with Gasteiger partial charge in [0.05, 0.1) is 25.8 Å². The standard InChI is InChI=1S/C21H24ClNO4/c1-26-17-10-6-11-18(27-2)19(17)20(14-7-5-8-15(22)13-14)23-12-4-3-9-16(23)21(24)25/h5-8,10-11,13,16,20H,3-4,9,12H2,1-2H3,(H,24,25). The highest BCUT2D eigenvalue weighted by Gasteiger charge is 2.37. The molecule has 144 valence electrons. The molecule has 1 fully saturated rings. The summed E-state index contributed by atoms with van der Waals surface area (Å²) in [7, 11) is 3.22. The molecule has 0 radical (unpaired) electrons. The van der Waals surface area contributed by atoms with Crippen LogP contribution in [0.15, 0.2) is 42.5 Å². The van der Waals surface area contributed by atoms with E-state index in [4.69, 9.17) is 21.1 Å². The van der Waals surface area contributed by atoms with E-state index in [1.54, 1.807) is 14.2 Å². The maximum absolute atomic E-state index is 12.0. The van der Waals surface area contributed by atoms with Crippen LogP contribution in [-0.4, -0.2) is 42.8 Å². The van der Waals surface area contributed by atoms with E-state index in [0.717, 1.165) is 24.0 Å². The van der Waals surface area contributed by atoms with Crippen molar-refractivity contribution in [2.24, 2.45) is 0 Å². The van der Waals surface area contributed by atoms with E-state index in [2.05, 4.69) is 0 Å². The Morgan fingerprint density at radius 3 is 2.41 bits per heavy atom. The van der Waals surface area contributed by atoms with E-state index in [1.165, 1.54) is 0 Å². The summed E-state index contributed by atoms with van der Waals surface area (Å²) < 4.78 is 11.2. The first-order chi connectivity index (χ1) is 13.1. The fourth-order valence-electron chi connectivity index (χ4n) is 3.88. The lowest BCUT2D eigenvalue weighted by atomic mass is 9.90. The number of hydrogen-bond acceptors (Lipinski definition) is 4. The van der Waals surface area contributed by atoms with Gasteiger partial charge in [-0.25, -0.2) is 0 Å². The number of likely N-dealkylation sites (tertiary alicyclic amines) is 1. The van der Waals surface area contributed by atoms with Crippen molar-refractivity contribution in [3.05, 3.63) is 58.6 Å². The Kier molecular flexibility index (Phi) is 6.24. The first-order valence-corrected chi connectivity index (χ1v) is 9.39. The van der Waals surface area contributed by atoms with Gasteiger partial charge in [0.2, 0.25) is 0 Å². The molecule has 1 saturated heterocycles. The van der Waals surface area contributed by atoms with E-state index in [1.807, 2.05) is 47.4 Å². The van der Waals surface area contributed by atoms with Gasteiger partial charge in [0.25, 0.3) is 0 Å². The maximum Gasteiger partial charge on any atom is 0.320 e. The van der Waals surface area contributed by atoms with Crippen molar-refractivity contribution in [3.63, 3.8) is 0 Å². The zero-order valence-corrected chi connectivity index (χ0v) is 16.3. The van der Waals surface area contributed by atoms with Crippen molar-refractivity contribution >= 4 is 17.6 Å². The molecule has 1 N–H and O–H groups in total. The topological polar surface area (TPSA) is 59.0 Å².